The Morgan fingerprint density at radius 1 is 1.33 bits per heavy atom. The van der Waals surface area contributed by atoms with E-state index >= 15 is 0 Å². The minimum absolute atomic E-state index is 0. The maximum absolute atomic E-state index is 12.9. The number of halogens is 5. The zero-order chi connectivity index (χ0) is 17.2. The van der Waals surface area contributed by atoms with E-state index in [1.807, 2.05) is 0 Å². The highest BCUT2D eigenvalue weighted by Crippen LogP contribution is 2.37. The van der Waals surface area contributed by atoms with E-state index < -0.39 is 36.4 Å². The second-order valence-electron chi connectivity index (χ2n) is 5.35. The zero-order valence-corrected chi connectivity index (χ0v) is 13.8. The number of rotatable bonds is 4. The molecule has 1 aromatic carbocycles. The molecule has 2 N–H and O–H groups in total. The zero-order valence-electron chi connectivity index (χ0n) is 12.2. The lowest BCUT2D eigenvalue weighted by molar-refractivity contribution is -0.188. The molecule has 1 aromatic rings. The van der Waals surface area contributed by atoms with Crippen molar-refractivity contribution in [1.29, 1.82) is 0 Å². The van der Waals surface area contributed by atoms with Crippen LogP contribution in [-0.2, 0) is 9.59 Å². The van der Waals surface area contributed by atoms with Crippen molar-refractivity contribution in [3.8, 4) is 0 Å². The summed E-state index contributed by atoms with van der Waals surface area (Å²) in [6, 6.07) is 6.32. The van der Waals surface area contributed by atoms with E-state index in [4.69, 9.17) is 16.7 Å². The summed E-state index contributed by atoms with van der Waals surface area (Å²) in [6.45, 7) is -1.14. The summed E-state index contributed by atoms with van der Waals surface area (Å²) < 4.78 is 38.6. The molecule has 1 aliphatic heterocycles. The third kappa shape index (κ3) is 5.25. The number of carbonyl (C=O) groups excluding carboxylic acids is 1. The Morgan fingerprint density at radius 2 is 2.00 bits per heavy atom. The fraction of sp³-hybridized carbons (Fsp3) is 0.429. The highest BCUT2D eigenvalue weighted by atomic mass is 35.5. The lowest BCUT2D eigenvalue weighted by Gasteiger charge is -2.18. The van der Waals surface area contributed by atoms with Gasteiger partial charge in [-0.1, -0.05) is 17.7 Å². The number of likely N-dealkylation sites (tertiary alicyclic amines) is 1. The van der Waals surface area contributed by atoms with E-state index in [0.29, 0.717) is 10.7 Å². The molecular formula is C14H15Cl2F3N2O3. The number of carbonyl (C=O) groups is 2. The SMILES string of the molecule is Cl.O=C(CN1C[C@@H](C(F)(F)F)[C@H](C(=O)O)C1)Nc1cccc(Cl)c1. The van der Waals surface area contributed by atoms with Gasteiger partial charge in [-0.15, -0.1) is 12.4 Å². The molecule has 1 heterocycles. The standard InChI is InChI=1S/C14H14ClF3N2O3.ClH/c15-8-2-1-3-9(4-8)19-12(21)7-20-5-10(13(22)23)11(6-20)14(16,17)18;/h1-4,10-11H,5-7H2,(H,19,21)(H,22,23);1H/t10-,11-;/m1./s1. The van der Waals surface area contributed by atoms with Crippen molar-refractivity contribution in [3.63, 3.8) is 0 Å². The van der Waals surface area contributed by atoms with Gasteiger partial charge in [0.25, 0.3) is 0 Å². The molecule has 2 atom stereocenters. The number of anilines is 1. The van der Waals surface area contributed by atoms with Gasteiger partial charge in [-0.2, -0.15) is 13.2 Å². The number of carboxylic acid groups (broad SMARTS) is 1. The first-order valence-corrected chi connectivity index (χ1v) is 7.12. The van der Waals surface area contributed by atoms with E-state index in [2.05, 4.69) is 5.32 Å². The molecule has 0 radical (unpaired) electrons. The van der Waals surface area contributed by atoms with Gasteiger partial charge in [0.2, 0.25) is 5.91 Å². The number of aliphatic carboxylic acids is 1. The number of benzene rings is 1. The molecule has 134 valence electrons. The Kier molecular flexibility index (Phi) is 6.88. The monoisotopic (exact) mass is 386 g/mol. The fourth-order valence-electron chi connectivity index (χ4n) is 2.57. The number of nitrogens with one attached hydrogen (secondary N) is 1. The highest BCUT2D eigenvalue weighted by Gasteiger charge is 2.52. The van der Waals surface area contributed by atoms with Crippen LogP contribution in [0.1, 0.15) is 0 Å². The van der Waals surface area contributed by atoms with Gasteiger partial charge in [0, 0.05) is 23.8 Å². The molecule has 1 amide bonds. The quantitative estimate of drug-likeness (QED) is 0.834. The first kappa shape index (κ1) is 20.5. The van der Waals surface area contributed by atoms with Crippen LogP contribution in [0.4, 0.5) is 18.9 Å². The Labute approximate surface area is 147 Å². The first-order chi connectivity index (χ1) is 10.7. The number of nitrogens with zero attached hydrogens (tertiary/aromatic N) is 1. The molecule has 0 saturated carbocycles. The number of hydrogen-bond donors (Lipinski definition) is 2. The normalized spacial score (nSPS) is 21.2. The van der Waals surface area contributed by atoms with Crippen molar-refractivity contribution in [2.75, 3.05) is 25.0 Å². The third-order valence-corrected chi connectivity index (χ3v) is 3.84. The van der Waals surface area contributed by atoms with Gasteiger partial charge >= 0.3 is 12.1 Å². The van der Waals surface area contributed by atoms with Crippen molar-refractivity contribution in [2.45, 2.75) is 6.18 Å². The van der Waals surface area contributed by atoms with Crippen LogP contribution in [0.25, 0.3) is 0 Å². The fourth-order valence-corrected chi connectivity index (χ4v) is 2.76. The Morgan fingerprint density at radius 3 is 2.50 bits per heavy atom. The van der Waals surface area contributed by atoms with Gasteiger partial charge < -0.3 is 10.4 Å². The summed E-state index contributed by atoms with van der Waals surface area (Å²) in [5.74, 6) is -5.57. The predicted molar refractivity (Wildman–Crippen MR) is 84.4 cm³/mol. The van der Waals surface area contributed by atoms with Crippen LogP contribution in [0.15, 0.2) is 24.3 Å². The summed E-state index contributed by atoms with van der Waals surface area (Å²) in [5.41, 5.74) is 0.420. The van der Waals surface area contributed by atoms with E-state index in [1.165, 1.54) is 11.0 Å². The molecule has 24 heavy (non-hydrogen) atoms. The van der Waals surface area contributed by atoms with Crippen LogP contribution in [0.2, 0.25) is 5.02 Å². The molecular weight excluding hydrogens is 372 g/mol. The molecule has 5 nitrogen and oxygen atoms in total. The Bertz CT molecular complexity index is 613. The summed E-state index contributed by atoms with van der Waals surface area (Å²) in [4.78, 5) is 24.1. The van der Waals surface area contributed by atoms with Crippen molar-refractivity contribution < 1.29 is 27.9 Å². The number of carboxylic acids is 1. The molecule has 1 aliphatic rings. The topological polar surface area (TPSA) is 69.6 Å². The van der Waals surface area contributed by atoms with Crippen LogP contribution < -0.4 is 5.32 Å². The van der Waals surface area contributed by atoms with E-state index in [1.54, 1.807) is 18.2 Å². The van der Waals surface area contributed by atoms with Gasteiger partial charge in [-0.25, -0.2) is 0 Å². The second-order valence-corrected chi connectivity index (χ2v) is 5.78. The van der Waals surface area contributed by atoms with Crippen LogP contribution >= 0.6 is 24.0 Å². The summed E-state index contributed by atoms with van der Waals surface area (Å²) in [6.07, 6.45) is -4.61. The number of hydrogen-bond acceptors (Lipinski definition) is 3. The molecule has 1 fully saturated rings. The van der Waals surface area contributed by atoms with Gasteiger partial charge in [0.1, 0.15) is 0 Å². The summed E-state index contributed by atoms with van der Waals surface area (Å²) in [7, 11) is 0. The maximum Gasteiger partial charge on any atom is 0.393 e. The lowest BCUT2D eigenvalue weighted by atomic mass is 9.96. The second kappa shape index (κ2) is 8.04. The molecule has 1 saturated heterocycles. The van der Waals surface area contributed by atoms with Crippen molar-refractivity contribution in [1.82, 2.24) is 4.90 Å². The van der Waals surface area contributed by atoms with E-state index in [0.717, 1.165) is 0 Å². The Balaban J connectivity index is 0.00000288. The van der Waals surface area contributed by atoms with Crippen LogP contribution in [-0.4, -0.2) is 47.7 Å². The Hall–Kier alpha value is -1.51. The molecule has 0 unspecified atom stereocenters. The molecule has 0 aliphatic carbocycles. The van der Waals surface area contributed by atoms with Crippen molar-refractivity contribution >= 4 is 41.6 Å². The minimum Gasteiger partial charge on any atom is -0.481 e. The number of amides is 1. The van der Waals surface area contributed by atoms with Gasteiger partial charge in [0.05, 0.1) is 18.4 Å². The smallest absolute Gasteiger partial charge is 0.393 e. The maximum atomic E-state index is 12.9. The average Bonchev–Trinajstić information content (AvgIpc) is 2.82. The van der Waals surface area contributed by atoms with Crippen molar-refractivity contribution in [2.24, 2.45) is 11.8 Å². The lowest BCUT2D eigenvalue weighted by Crippen LogP contribution is -2.34. The molecule has 0 spiro atoms. The van der Waals surface area contributed by atoms with Crippen LogP contribution in [0.3, 0.4) is 0 Å². The largest absolute Gasteiger partial charge is 0.481 e. The van der Waals surface area contributed by atoms with Gasteiger partial charge in [-0.3, -0.25) is 14.5 Å². The first-order valence-electron chi connectivity index (χ1n) is 6.74. The molecule has 10 heteroatoms. The van der Waals surface area contributed by atoms with Gasteiger partial charge in [0.15, 0.2) is 0 Å². The molecule has 0 bridgehead atoms. The van der Waals surface area contributed by atoms with Crippen LogP contribution in [0.5, 0.6) is 0 Å². The molecule has 2 rings (SSSR count). The van der Waals surface area contributed by atoms with E-state index in [-0.39, 0.29) is 25.5 Å². The summed E-state index contributed by atoms with van der Waals surface area (Å²) >= 11 is 5.77. The van der Waals surface area contributed by atoms with Gasteiger partial charge in [-0.05, 0) is 18.2 Å². The predicted octanol–water partition coefficient (Wildman–Crippen LogP) is 2.90. The summed E-state index contributed by atoms with van der Waals surface area (Å²) in [5, 5.41) is 11.8. The minimum atomic E-state index is -4.61. The van der Waals surface area contributed by atoms with Crippen molar-refractivity contribution in [3.05, 3.63) is 29.3 Å². The van der Waals surface area contributed by atoms with E-state index in [9.17, 15) is 22.8 Å². The third-order valence-electron chi connectivity index (χ3n) is 3.61. The highest BCUT2D eigenvalue weighted by molar-refractivity contribution is 6.30. The average molecular weight is 387 g/mol. The number of alkyl halides is 3. The van der Waals surface area contributed by atoms with Crippen LogP contribution in [0, 0.1) is 11.8 Å². The molecule has 0 aromatic heterocycles.